The zero-order valence-electron chi connectivity index (χ0n) is 55.7. The molecule has 0 amide bonds. The van der Waals surface area contributed by atoms with Gasteiger partial charge in [-0.15, -0.1) is 51.0 Å². The van der Waals surface area contributed by atoms with Crippen molar-refractivity contribution in [2.75, 3.05) is 44.0 Å². The summed E-state index contributed by atoms with van der Waals surface area (Å²) in [6, 6.07) is 12.0. The molecule has 5 aliphatic heterocycles. The number of anilines is 2. The fourth-order valence-electron chi connectivity index (χ4n) is 11.0. The van der Waals surface area contributed by atoms with Crippen LogP contribution in [0.25, 0.3) is 0 Å². The van der Waals surface area contributed by atoms with Gasteiger partial charge in [0.25, 0.3) is 0 Å². The second kappa shape index (κ2) is 36.8. The molecule has 106 heavy (non-hydrogen) atoms. The number of nitrogens with zero attached hydrogens (tertiary/aromatic N) is 10. The minimum Gasteiger partial charge on any atom is -0.535 e. The molecule has 0 unspecified atom stereocenters. The molecule has 4 atom stereocenters. The van der Waals surface area contributed by atoms with Crippen LogP contribution in [0.2, 0.25) is 0 Å². The van der Waals surface area contributed by atoms with Gasteiger partial charge in [0.05, 0.1) is 27.7 Å². The van der Waals surface area contributed by atoms with Gasteiger partial charge in [0.2, 0.25) is 10.3 Å². The quantitative estimate of drug-likeness (QED) is 0.0184. The summed E-state index contributed by atoms with van der Waals surface area (Å²) in [6.45, 7) is 7.87. The average Bonchev–Trinajstić information content (AvgIpc) is 1.03. The van der Waals surface area contributed by atoms with E-state index < -0.39 is 74.6 Å². The Kier molecular flexibility index (Phi) is 28.0. The van der Waals surface area contributed by atoms with Gasteiger partial charge in [-0.3, -0.25) is 0 Å². The monoisotopic (exact) mass is 1670 g/mol. The van der Waals surface area contributed by atoms with Gasteiger partial charge >= 0.3 is 52.4 Å². The number of thioether (sulfide) groups is 6. The number of hydrogen-bond acceptors (Lipinski definition) is 39. The average molecular weight is 1670 g/mol. The molecule has 0 radical (unpaired) electrons. The summed E-state index contributed by atoms with van der Waals surface area (Å²) in [5.74, 6) is -4.25. The third-order valence-corrected chi connectivity index (χ3v) is 29.2. The number of piperidine rings is 1. The number of aromatic nitrogens is 10. The van der Waals surface area contributed by atoms with Crippen LogP contribution < -0.4 is 45.9 Å². The number of nitrogens with two attached hydrogens (primary N) is 3. The van der Waals surface area contributed by atoms with E-state index in [1.165, 1.54) is 104 Å². The van der Waals surface area contributed by atoms with Crippen LogP contribution in [0.15, 0.2) is 77.2 Å². The zero-order chi connectivity index (χ0) is 75.6. The van der Waals surface area contributed by atoms with Crippen molar-refractivity contribution >= 4 is 202 Å². The second-order valence-corrected chi connectivity index (χ2v) is 38.4. The van der Waals surface area contributed by atoms with Crippen LogP contribution in [0.4, 0.5) is 14.7 Å². The highest BCUT2D eigenvalue weighted by atomic mass is 32.2. The van der Waals surface area contributed by atoms with Crippen molar-refractivity contribution in [3.8, 4) is 28.7 Å². The molecule has 10 heterocycles. The standard InChI is InChI=1S/C17H20BN3O4S3.C15H18BN3O4S3.C14H12BN5O4S4.C12H11BFN3O5S2/c1-9-2-3-10-8-12(18(24)25-14(10)13(9)15(22)23)27-17-21-20-16(28-17)26-11-4-6-19-7-5-11;1-8-3-4-9-7-10(16(22)23-12(9)11(8)13(20)21)25-15-19-18-14(26-15)24-6-2-5-17;1-5-2-3-6-4-7(15(23)24-9(6)8(5)10(21)22)25-12-19-20-14(27-12)28-13-18-17-11(16)26-13;1-21-9-5(14)2-4-3-6(23-12-17-16-11(15)24-12)13(20)22-8(4)7(9)10(18)19/h2-3,11-12,19,24H,4-8H2,1H3,(H,22,23);3-4,10,22H,2,5-7,17H2,1H3,(H,20,21);2-3,7,23H,4H2,1H3,(H2,16,17)(H,21,22);2,6,20H,3H2,1H3,(H2,15,16)(H,18,19)/t12-;10-;7-;6-/m0000/s1. The third-order valence-electron chi connectivity index (χ3n) is 15.9. The summed E-state index contributed by atoms with van der Waals surface area (Å²) < 4.78 is 46.9. The molecule has 556 valence electrons. The highest BCUT2D eigenvalue weighted by molar-refractivity contribution is 8.06. The van der Waals surface area contributed by atoms with E-state index in [1.807, 2.05) is 18.2 Å². The number of nitrogen functional groups attached to an aromatic ring is 2. The van der Waals surface area contributed by atoms with Crippen molar-refractivity contribution in [1.82, 2.24) is 56.3 Å². The summed E-state index contributed by atoms with van der Waals surface area (Å²) in [5.41, 5.74) is 20.9. The minimum atomic E-state index is -1.40. The van der Waals surface area contributed by atoms with Crippen molar-refractivity contribution < 1.29 is 87.4 Å². The van der Waals surface area contributed by atoms with Gasteiger partial charge in [0.15, 0.2) is 46.3 Å². The van der Waals surface area contributed by atoms with E-state index in [1.54, 1.807) is 62.5 Å². The number of halogens is 1. The third kappa shape index (κ3) is 20.1. The van der Waals surface area contributed by atoms with E-state index in [0.29, 0.717) is 75.8 Å². The molecule has 0 spiro atoms. The maximum absolute atomic E-state index is 14.1. The van der Waals surface area contributed by atoms with E-state index in [-0.39, 0.29) is 66.7 Å². The largest absolute Gasteiger partial charge is 0.537 e. The number of ether oxygens (including phenoxy) is 1. The van der Waals surface area contributed by atoms with Crippen LogP contribution in [0.5, 0.6) is 28.7 Å². The molecule has 0 saturated carbocycles. The van der Waals surface area contributed by atoms with Crippen molar-refractivity contribution in [2.45, 2.75) is 126 Å². The number of carboxylic acids is 4. The van der Waals surface area contributed by atoms with Crippen molar-refractivity contribution in [1.29, 1.82) is 0 Å². The lowest BCUT2D eigenvalue weighted by Crippen LogP contribution is -2.41. The SMILES string of the molecule is COc1c(F)cc2c(c1C(=O)O)OB(O)[C@@H](Sc1nnc(N)s1)C2.Cc1ccc2c(c1C(=O)O)OB(O)[C@@H](Sc1nnc(SC3CCNCC3)s1)C2.Cc1ccc2c(c1C(=O)O)OB(O)[C@@H](Sc1nnc(SCCCN)s1)C2.Cc1ccc2c(c1C(=O)O)OB(O)[C@@H](Sc1nnc(Sc3nnc(N)s3)s1)C2. The van der Waals surface area contributed by atoms with Crippen LogP contribution in [0.1, 0.15) is 99.6 Å². The molecule has 31 nitrogen and oxygen atoms in total. The van der Waals surface area contributed by atoms with E-state index in [0.717, 1.165) is 96.7 Å². The molecule has 48 heteroatoms. The van der Waals surface area contributed by atoms with Gasteiger partial charge in [-0.05, 0) is 142 Å². The lowest BCUT2D eigenvalue weighted by atomic mass is 9.77. The first-order valence-electron chi connectivity index (χ1n) is 31.6. The topological polar surface area (TPSA) is 495 Å². The highest BCUT2D eigenvalue weighted by Gasteiger charge is 2.44. The molecule has 1 fully saturated rings. The van der Waals surface area contributed by atoms with Crippen LogP contribution in [-0.2, 0) is 25.7 Å². The Hall–Kier alpha value is -6.44. The number of fused-ring (bicyclic) bond motifs is 4. The van der Waals surface area contributed by atoms with Crippen LogP contribution in [0.3, 0.4) is 0 Å². The zero-order valence-corrected chi connectivity index (χ0v) is 65.5. The summed E-state index contributed by atoms with van der Waals surface area (Å²) >= 11 is 16.9. The molecule has 15 N–H and O–H groups in total. The Labute approximate surface area is 654 Å². The Morgan fingerprint density at radius 2 is 0.849 bits per heavy atom. The maximum Gasteiger partial charge on any atom is 0.537 e. The van der Waals surface area contributed by atoms with Gasteiger partial charge in [-0.1, -0.05) is 164 Å². The van der Waals surface area contributed by atoms with E-state index in [2.05, 4.69) is 56.3 Å². The van der Waals surface area contributed by atoms with Crippen LogP contribution >= 0.6 is 139 Å². The van der Waals surface area contributed by atoms with Gasteiger partial charge < -0.3 is 86.4 Å². The molecule has 5 aromatic heterocycles. The van der Waals surface area contributed by atoms with Crippen molar-refractivity contribution in [3.05, 3.63) is 109 Å². The molecule has 4 aromatic carbocycles. The summed E-state index contributed by atoms with van der Waals surface area (Å²) in [7, 11) is -3.50. The lowest BCUT2D eigenvalue weighted by molar-refractivity contribution is 0.0679. The fourth-order valence-corrected chi connectivity index (χ4v) is 24.2. The normalized spacial score (nSPS) is 17.2. The molecule has 1 saturated heterocycles. The number of methoxy groups -OCH3 is 1. The molecule has 14 rings (SSSR count). The predicted octanol–water partition coefficient (Wildman–Crippen LogP) is 7.93. The van der Waals surface area contributed by atoms with Crippen molar-refractivity contribution in [3.63, 3.8) is 0 Å². The maximum atomic E-state index is 14.1. The van der Waals surface area contributed by atoms with E-state index in [4.69, 9.17) is 40.6 Å². The molecule has 0 aliphatic carbocycles. The molecule has 0 bridgehead atoms. The number of aryl methyl sites for hydroxylation is 3. The predicted molar refractivity (Wildman–Crippen MR) is 411 cm³/mol. The van der Waals surface area contributed by atoms with E-state index in [9.17, 15) is 64.1 Å². The first-order chi connectivity index (χ1) is 50.8. The number of carboxylic acid groups (broad SMARTS) is 4. The first-order valence-corrected chi connectivity index (χ1v) is 41.9. The number of carbonyl (C=O) groups is 4. The second-order valence-electron chi connectivity index (χ2n) is 23.2. The summed E-state index contributed by atoms with van der Waals surface area (Å²) in [5, 5.41) is 123. The van der Waals surface area contributed by atoms with Crippen molar-refractivity contribution in [2.24, 2.45) is 5.73 Å². The van der Waals surface area contributed by atoms with E-state index >= 15 is 0 Å². The summed E-state index contributed by atoms with van der Waals surface area (Å²) in [6.07, 6.45) is 4.83. The Bertz CT molecular complexity index is 4670. The van der Waals surface area contributed by atoms with Gasteiger partial charge in [-0.2, -0.15) is 0 Å². The number of nitrogens with one attached hydrogen (secondary N) is 1. The number of rotatable bonds is 21. The molecule has 5 aliphatic rings. The smallest absolute Gasteiger partial charge is 0.535 e. The number of hydrogen-bond donors (Lipinski definition) is 12. The number of benzene rings is 4. The van der Waals surface area contributed by atoms with Gasteiger partial charge in [0, 0.05) is 11.0 Å². The molecular formula is C58H61B4FN14O17S12. The molecular weight excluding hydrogens is 1610 g/mol. The highest BCUT2D eigenvalue weighted by Crippen LogP contribution is 2.46. The fraction of sp³-hybridized carbons (Fsp3) is 0.345. The summed E-state index contributed by atoms with van der Waals surface area (Å²) in [4.78, 5) is 46.0. The van der Waals surface area contributed by atoms with Gasteiger partial charge in [-0.25, -0.2) is 23.6 Å². The van der Waals surface area contributed by atoms with Crippen LogP contribution in [0, 0.1) is 26.6 Å². The Morgan fingerprint density at radius 1 is 0.509 bits per heavy atom. The molecule has 9 aromatic rings. The minimum absolute atomic E-state index is 0.0888. The first kappa shape index (κ1) is 80.6. The lowest BCUT2D eigenvalue weighted by Gasteiger charge is -2.28. The Morgan fingerprint density at radius 3 is 1.25 bits per heavy atom. The van der Waals surface area contributed by atoms with Crippen LogP contribution in [-0.4, -0.2) is 202 Å². The van der Waals surface area contributed by atoms with Gasteiger partial charge in [0.1, 0.15) is 45.3 Å². The Balaban J connectivity index is 0.000000141. The number of aromatic carboxylic acids is 4.